The molecule has 0 bridgehead atoms. The summed E-state index contributed by atoms with van der Waals surface area (Å²) in [6.07, 6.45) is 15.5. The van der Waals surface area contributed by atoms with Crippen molar-refractivity contribution < 1.29 is 44.6 Å². The molecule has 0 aromatic carbocycles. The highest BCUT2D eigenvalue weighted by molar-refractivity contribution is 5.82. The summed E-state index contributed by atoms with van der Waals surface area (Å²) < 4.78 is 11.9. The van der Waals surface area contributed by atoms with Crippen LogP contribution in [0.25, 0.3) is 0 Å². The molecule has 1 aliphatic rings. The lowest BCUT2D eigenvalue weighted by atomic mass is 9.89. The van der Waals surface area contributed by atoms with Crippen molar-refractivity contribution in [2.75, 3.05) is 0 Å². The number of hydrogen-bond acceptors (Lipinski definition) is 9. The Bertz CT molecular complexity index is 1350. The van der Waals surface area contributed by atoms with Crippen LogP contribution in [0.3, 0.4) is 0 Å². The van der Waals surface area contributed by atoms with Gasteiger partial charge < -0.3 is 35.0 Å². The van der Waals surface area contributed by atoms with E-state index in [1.807, 2.05) is 65.0 Å². The lowest BCUT2D eigenvalue weighted by Gasteiger charge is -2.27. The van der Waals surface area contributed by atoms with Gasteiger partial charge in [0.1, 0.15) is 12.2 Å². The van der Waals surface area contributed by atoms with Gasteiger partial charge in [-0.1, -0.05) is 97.2 Å². The fraction of sp³-hybridized carbons (Fsp3) is 0.636. The van der Waals surface area contributed by atoms with Crippen LogP contribution in [-0.2, 0) is 19.1 Å². The number of rotatable bonds is 17. The van der Waals surface area contributed by atoms with Gasteiger partial charge in [-0.25, -0.2) is 4.79 Å². The Morgan fingerprint density at radius 2 is 1.55 bits per heavy atom. The van der Waals surface area contributed by atoms with Crippen LogP contribution in [0.2, 0.25) is 0 Å². The number of carbonyl (C=O) groups is 2. The fourth-order valence-electron chi connectivity index (χ4n) is 6.52. The van der Waals surface area contributed by atoms with Crippen LogP contribution in [-0.4, -0.2) is 80.2 Å². The van der Waals surface area contributed by atoms with Crippen molar-refractivity contribution in [3.8, 4) is 0 Å². The Morgan fingerprint density at radius 1 is 0.906 bits per heavy atom. The minimum Gasteiger partial charge on any atom is -0.462 e. The van der Waals surface area contributed by atoms with Crippen LogP contribution in [0.15, 0.2) is 82.5 Å². The topological polar surface area (TPSA) is 154 Å². The maximum atomic E-state index is 12.9. The van der Waals surface area contributed by atoms with E-state index in [1.165, 1.54) is 6.08 Å². The molecule has 0 spiro atoms. The van der Waals surface area contributed by atoms with Gasteiger partial charge in [-0.2, -0.15) is 0 Å². The predicted octanol–water partition coefficient (Wildman–Crippen LogP) is 7.54. The minimum absolute atomic E-state index is 0.0587. The largest absolute Gasteiger partial charge is 0.462 e. The fourth-order valence-corrected chi connectivity index (χ4v) is 6.52. The number of hydrogen-bond donors (Lipinski definition) is 5. The average molecular weight is 743 g/mol. The van der Waals surface area contributed by atoms with E-state index in [0.717, 1.165) is 40.7 Å². The summed E-state index contributed by atoms with van der Waals surface area (Å²) in [5.41, 5.74) is 4.84. The average Bonchev–Trinajstić information content (AvgIpc) is 3.03. The van der Waals surface area contributed by atoms with Gasteiger partial charge in [0.25, 0.3) is 0 Å². The summed E-state index contributed by atoms with van der Waals surface area (Å²) >= 11 is 0. The van der Waals surface area contributed by atoms with Gasteiger partial charge in [-0.3, -0.25) is 4.79 Å². The number of aliphatic hydroxyl groups is 5. The molecule has 0 aromatic heterocycles. The monoisotopic (exact) mass is 743 g/mol. The molecule has 0 aromatic rings. The molecule has 0 fully saturated rings. The van der Waals surface area contributed by atoms with Gasteiger partial charge in [0.05, 0.1) is 30.5 Å². The number of esters is 2. The summed E-state index contributed by atoms with van der Waals surface area (Å²) in [6, 6.07) is 0. The second-order valence-electron chi connectivity index (χ2n) is 15.6. The third kappa shape index (κ3) is 21.4. The predicted molar refractivity (Wildman–Crippen MR) is 213 cm³/mol. The van der Waals surface area contributed by atoms with Gasteiger partial charge in [-0.05, 0) is 92.4 Å². The Balaban J connectivity index is 2.86. The zero-order valence-corrected chi connectivity index (χ0v) is 34.0. The van der Waals surface area contributed by atoms with Gasteiger partial charge >= 0.3 is 11.9 Å². The molecule has 53 heavy (non-hydrogen) atoms. The molecule has 0 radical (unpaired) electrons. The first kappa shape index (κ1) is 47.9. The highest BCUT2D eigenvalue weighted by atomic mass is 16.5. The van der Waals surface area contributed by atoms with Crippen molar-refractivity contribution in [2.45, 2.75) is 163 Å². The smallest absolute Gasteiger partial charge is 0.331 e. The number of carbonyl (C=O) groups excluding carboxylic acids is 2. The van der Waals surface area contributed by atoms with E-state index in [1.54, 1.807) is 26.0 Å². The van der Waals surface area contributed by atoms with Crippen LogP contribution >= 0.6 is 0 Å². The molecule has 9 heteroatoms. The van der Waals surface area contributed by atoms with Crippen LogP contribution in [0.1, 0.15) is 121 Å². The Hall–Kier alpha value is -3.08. The number of aliphatic hydroxyl groups excluding tert-OH is 5. The van der Waals surface area contributed by atoms with Gasteiger partial charge in [-0.15, -0.1) is 0 Å². The molecule has 300 valence electrons. The lowest BCUT2D eigenvalue weighted by molar-refractivity contribution is -0.152. The molecule has 9 nitrogen and oxygen atoms in total. The summed E-state index contributed by atoms with van der Waals surface area (Å²) in [4.78, 5) is 25.9. The van der Waals surface area contributed by atoms with Gasteiger partial charge in [0.15, 0.2) is 0 Å². The molecule has 0 saturated heterocycles. The SMILES string of the molecule is C/C1=C/C[C@H]([C@@H](C)C/C(C)=C\[C@@H](C)[C@H](O)C[C@@H](C)O)OC(=O)CCC[C@H](OC(=O)/C=C/C(C)=C/C(C)=C/C=C/C(C)=C/[C@H](O)[C@@H](O)C[C@H](C)O)[C@@H](C)C1. The van der Waals surface area contributed by atoms with Gasteiger partial charge in [0.2, 0.25) is 0 Å². The molecular formula is C44H70O9. The Morgan fingerprint density at radius 3 is 2.19 bits per heavy atom. The van der Waals surface area contributed by atoms with E-state index in [9.17, 15) is 35.1 Å². The van der Waals surface area contributed by atoms with Crippen molar-refractivity contribution in [2.24, 2.45) is 17.8 Å². The van der Waals surface area contributed by atoms with E-state index in [-0.39, 0.29) is 48.8 Å². The summed E-state index contributed by atoms with van der Waals surface area (Å²) in [6.45, 7) is 19.1. The van der Waals surface area contributed by atoms with E-state index < -0.39 is 36.5 Å². The molecule has 1 heterocycles. The minimum atomic E-state index is -1.07. The molecule has 10 atom stereocenters. The molecule has 0 saturated carbocycles. The first-order valence-corrected chi connectivity index (χ1v) is 19.3. The lowest BCUT2D eigenvalue weighted by Crippen LogP contribution is -2.28. The normalized spacial score (nSPS) is 25.7. The quantitative estimate of drug-likeness (QED) is 0.0440. The third-order valence-corrected chi connectivity index (χ3v) is 9.48. The summed E-state index contributed by atoms with van der Waals surface area (Å²) in [5.74, 6) is -0.659. The highest BCUT2D eigenvalue weighted by Crippen LogP contribution is 2.27. The van der Waals surface area contributed by atoms with E-state index in [0.29, 0.717) is 25.7 Å². The van der Waals surface area contributed by atoms with Crippen molar-refractivity contribution in [1.82, 2.24) is 0 Å². The molecule has 5 N–H and O–H groups in total. The number of ether oxygens (including phenoxy) is 2. The molecule has 1 aliphatic heterocycles. The highest BCUT2D eigenvalue weighted by Gasteiger charge is 2.26. The van der Waals surface area contributed by atoms with E-state index in [2.05, 4.69) is 26.8 Å². The van der Waals surface area contributed by atoms with Crippen LogP contribution in [0, 0.1) is 17.8 Å². The first-order valence-electron chi connectivity index (χ1n) is 19.3. The van der Waals surface area contributed by atoms with Crippen LogP contribution < -0.4 is 0 Å². The first-order chi connectivity index (χ1) is 24.8. The Labute approximate surface area is 319 Å². The van der Waals surface area contributed by atoms with Crippen LogP contribution in [0.5, 0.6) is 0 Å². The number of allylic oxidation sites excluding steroid dienone is 10. The van der Waals surface area contributed by atoms with Crippen molar-refractivity contribution in [1.29, 1.82) is 0 Å². The third-order valence-electron chi connectivity index (χ3n) is 9.48. The Kier molecular flexibility index (Phi) is 22.7. The van der Waals surface area contributed by atoms with E-state index >= 15 is 0 Å². The second kappa shape index (κ2) is 25.1. The van der Waals surface area contributed by atoms with Crippen molar-refractivity contribution >= 4 is 11.9 Å². The summed E-state index contributed by atoms with van der Waals surface area (Å²) in [7, 11) is 0. The standard InChI is InChI=1S/C44H70O9/c1-28(13-11-14-29(2)25-39(48)40(49)27-37(10)46)21-30(3)18-20-44(51)52-41-15-12-16-43(50)53-42(19-17-31(4)22-34(41)7)35(8)24-32(5)23-33(6)38(47)26-36(9)45/h11,13-14,17-18,20-21,23,25,33-42,45-49H,12,15-16,19,22,24,26-27H2,1-10H3/b14-11+,20-18+,28-13+,29-25+,30-21+,31-17-,32-23-/t33-,34+,35+,36-,37+,38-,39+,40+,41+,42-/m1/s1. The molecule has 0 unspecified atom stereocenters. The zero-order valence-electron chi connectivity index (χ0n) is 34.0. The molecule has 1 rings (SSSR count). The number of cyclic esters (lactones) is 1. The second-order valence-corrected chi connectivity index (χ2v) is 15.6. The van der Waals surface area contributed by atoms with Crippen LogP contribution in [0.4, 0.5) is 0 Å². The summed E-state index contributed by atoms with van der Waals surface area (Å²) in [5, 5.41) is 49.4. The van der Waals surface area contributed by atoms with E-state index in [4.69, 9.17) is 9.47 Å². The van der Waals surface area contributed by atoms with Crippen molar-refractivity contribution in [3.63, 3.8) is 0 Å². The zero-order chi connectivity index (χ0) is 40.2. The van der Waals surface area contributed by atoms with Gasteiger partial charge in [0, 0.05) is 31.3 Å². The molecular weight excluding hydrogens is 672 g/mol. The maximum Gasteiger partial charge on any atom is 0.331 e. The molecule has 0 aliphatic carbocycles. The maximum absolute atomic E-state index is 12.9. The molecule has 0 amide bonds. The van der Waals surface area contributed by atoms with Crippen molar-refractivity contribution in [3.05, 3.63) is 82.5 Å².